The Kier molecular flexibility index (Phi) is 3.31. The van der Waals surface area contributed by atoms with Gasteiger partial charge in [-0.1, -0.05) is 31.2 Å². The van der Waals surface area contributed by atoms with E-state index in [1.165, 1.54) is 0 Å². The zero-order chi connectivity index (χ0) is 11.4. The molecule has 0 radical (unpaired) electrons. The number of rotatable bonds is 4. The number of nitrogens with zero attached hydrogens (tertiary/aromatic N) is 2. The predicted octanol–water partition coefficient (Wildman–Crippen LogP) is 1.81. The second kappa shape index (κ2) is 4.90. The summed E-state index contributed by atoms with van der Waals surface area (Å²) in [7, 11) is 0. The summed E-state index contributed by atoms with van der Waals surface area (Å²) < 4.78 is 0. The highest BCUT2D eigenvalue weighted by atomic mass is 16.3. The average molecular weight is 217 g/mol. The largest absolute Gasteiger partial charge is 0.394 e. The van der Waals surface area contributed by atoms with E-state index in [-0.39, 0.29) is 12.6 Å². The van der Waals surface area contributed by atoms with E-state index in [4.69, 9.17) is 5.11 Å². The molecule has 0 saturated heterocycles. The van der Waals surface area contributed by atoms with E-state index < -0.39 is 0 Å². The van der Waals surface area contributed by atoms with Crippen molar-refractivity contribution >= 4 is 16.6 Å². The zero-order valence-corrected chi connectivity index (χ0v) is 9.22. The van der Waals surface area contributed by atoms with Gasteiger partial charge in [-0.25, -0.2) is 0 Å². The van der Waals surface area contributed by atoms with Gasteiger partial charge in [-0.3, -0.25) is 0 Å². The Morgan fingerprint density at radius 2 is 2.19 bits per heavy atom. The van der Waals surface area contributed by atoms with Crippen molar-refractivity contribution in [2.24, 2.45) is 0 Å². The van der Waals surface area contributed by atoms with Gasteiger partial charge in [0.2, 0.25) is 0 Å². The molecule has 1 atom stereocenters. The quantitative estimate of drug-likeness (QED) is 0.820. The van der Waals surface area contributed by atoms with E-state index in [0.29, 0.717) is 0 Å². The van der Waals surface area contributed by atoms with Crippen molar-refractivity contribution < 1.29 is 5.11 Å². The van der Waals surface area contributed by atoms with Gasteiger partial charge in [0, 0.05) is 10.8 Å². The molecule has 0 aliphatic carbocycles. The van der Waals surface area contributed by atoms with E-state index in [0.717, 1.165) is 23.0 Å². The molecule has 1 heterocycles. The SMILES string of the molecule is CC[C@@H](CO)Nc1nncc2ccccc12. The van der Waals surface area contributed by atoms with Crippen molar-refractivity contribution in [3.05, 3.63) is 30.5 Å². The van der Waals surface area contributed by atoms with Crippen molar-refractivity contribution in [2.45, 2.75) is 19.4 Å². The third kappa shape index (κ3) is 2.12. The molecule has 4 nitrogen and oxygen atoms in total. The van der Waals surface area contributed by atoms with Gasteiger partial charge in [0.05, 0.1) is 18.8 Å². The third-order valence-electron chi connectivity index (χ3n) is 2.62. The number of fused-ring (bicyclic) bond motifs is 1. The molecular weight excluding hydrogens is 202 g/mol. The van der Waals surface area contributed by atoms with Crippen LogP contribution in [0.2, 0.25) is 0 Å². The van der Waals surface area contributed by atoms with Crippen LogP contribution < -0.4 is 5.32 Å². The highest BCUT2D eigenvalue weighted by Gasteiger charge is 2.08. The molecule has 0 amide bonds. The standard InChI is InChI=1S/C12H15N3O/c1-2-10(8-16)14-12-11-6-4-3-5-9(11)7-13-15-12/h3-7,10,16H,2,8H2,1H3,(H,14,15)/t10-/m0/s1. The molecule has 0 spiro atoms. The lowest BCUT2D eigenvalue weighted by Crippen LogP contribution is -2.23. The van der Waals surface area contributed by atoms with Gasteiger partial charge in [0.25, 0.3) is 0 Å². The molecule has 0 bridgehead atoms. The molecule has 1 aromatic carbocycles. The smallest absolute Gasteiger partial charge is 0.156 e. The normalized spacial score (nSPS) is 12.6. The summed E-state index contributed by atoms with van der Waals surface area (Å²) in [6.07, 6.45) is 2.59. The van der Waals surface area contributed by atoms with Gasteiger partial charge in [0.15, 0.2) is 5.82 Å². The number of anilines is 1. The molecule has 84 valence electrons. The van der Waals surface area contributed by atoms with Crippen LogP contribution in [0.1, 0.15) is 13.3 Å². The fraction of sp³-hybridized carbons (Fsp3) is 0.333. The number of benzene rings is 1. The number of aromatic nitrogens is 2. The van der Waals surface area contributed by atoms with E-state index in [1.54, 1.807) is 6.20 Å². The Hall–Kier alpha value is -1.68. The molecule has 16 heavy (non-hydrogen) atoms. The monoisotopic (exact) mass is 217 g/mol. The minimum absolute atomic E-state index is 0.0279. The Bertz CT molecular complexity index is 463. The molecule has 0 saturated carbocycles. The molecule has 1 aromatic heterocycles. The second-order valence-electron chi connectivity index (χ2n) is 3.71. The molecule has 4 heteroatoms. The Morgan fingerprint density at radius 3 is 2.94 bits per heavy atom. The third-order valence-corrected chi connectivity index (χ3v) is 2.62. The molecule has 0 aliphatic heterocycles. The number of aliphatic hydroxyl groups is 1. The van der Waals surface area contributed by atoms with E-state index >= 15 is 0 Å². The summed E-state index contributed by atoms with van der Waals surface area (Å²) in [4.78, 5) is 0. The fourth-order valence-corrected chi connectivity index (χ4v) is 1.60. The van der Waals surface area contributed by atoms with Crippen molar-refractivity contribution in [3.63, 3.8) is 0 Å². The maximum Gasteiger partial charge on any atom is 0.156 e. The Labute approximate surface area is 94.3 Å². The van der Waals surface area contributed by atoms with Crippen molar-refractivity contribution in [3.8, 4) is 0 Å². The first-order valence-electron chi connectivity index (χ1n) is 5.43. The minimum Gasteiger partial charge on any atom is -0.394 e. The Morgan fingerprint density at radius 1 is 1.38 bits per heavy atom. The van der Waals surface area contributed by atoms with Crippen LogP contribution >= 0.6 is 0 Å². The van der Waals surface area contributed by atoms with Gasteiger partial charge in [-0.15, -0.1) is 5.10 Å². The lowest BCUT2D eigenvalue weighted by atomic mass is 10.1. The van der Waals surface area contributed by atoms with Crippen LogP contribution in [0, 0.1) is 0 Å². The Balaban J connectivity index is 2.36. The molecule has 2 aromatic rings. The second-order valence-corrected chi connectivity index (χ2v) is 3.71. The van der Waals surface area contributed by atoms with E-state index in [2.05, 4.69) is 15.5 Å². The molecular formula is C12H15N3O. The summed E-state index contributed by atoms with van der Waals surface area (Å²) in [5.41, 5.74) is 0. The zero-order valence-electron chi connectivity index (χ0n) is 9.22. The number of nitrogens with one attached hydrogen (secondary N) is 1. The number of aliphatic hydroxyl groups excluding tert-OH is 1. The van der Waals surface area contributed by atoms with Crippen LogP contribution in [0.25, 0.3) is 10.8 Å². The lowest BCUT2D eigenvalue weighted by Gasteiger charge is -2.15. The highest BCUT2D eigenvalue weighted by molar-refractivity contribution is 5.90. The molecule has 0 fully saturated rings. The van der Waals surface area contributed by atoms with Crippen molar-refractivity contribution in [2.75, 3.05) is 11.9 Å². The average Bonchev–Trinajstić information content (AvgIpc) is 2.36. The first-order chi connectivity index (χ1) is 7.85. The maximum atomic E-state index is 9.15. The van der Waals surface area contributed by atoms with Crippen LogP contribution in [-0.2, 0) is 0 Å². The summed E-state index contributed by atoms with van der Waals surface area (Å²) in [6.45, 7) is 2.12. The van der Waals surface area contributed by atoms with Gasteiger partial charge >= 0.3 is 0 Å². The van der Waals surface area contributed by atoms with Crippen molar-refractivity contribution in [1.82, 2.24) is 10.2 Å². The minimum atomic E-state index is 0.0279. The van der Waals surface area contributed by atoms with Crippen LogP contribution in [0.5, 0.6) is 0 Å². The van der Waals surface area contributed by atoms with Crippen molar-refractivity contribution in [1.29, 1.82) is 0 Å². The maximum absolute atomic E-state index is 9.15. The van der Waals surface area contributed by atoms with Crippen LogP contribution in [0.15, 0.2) is 30.5 Å². The lowest BCUT2D eigenvalue weighted by molar-refractivity contribution is 0.271. The molecule has 0 unspecified atom stereocenters. The fourth-order valence-electron chi connectivity index (χ4n) is 1.60. The first-order valence-corrected chi connectivity index (χ1v) is 5.43. The molecule has 2 rings (SSSR count). The summed E-state index contributed by atoms with van der Waals surface area (Å²) >= 11 is 0. The van der Waals surface area contributed by atoms with Crippen LogP contribution in [0.4, 0.5) is 5.82 Å². The number of hydrogen-bond donors (Lipinski definition) is 2. The van der Waals surface area contributed by atoms with Gasteiger partial charge in [0.1, 0.15) is 0 Å². The van der Waals surface area contributed by atoms with Gasteiger partial charge in [-0.05, 0) is 6.42 Å². The topological polar surface area (TPSA) is 58.0 Å². The van der Waals surface area contributed by atoms with Gasteiger partial charge in [-0.2, -0.15) is 5.10 Å². The summed E-state index contributed by atoms with van der Waals surface area (Å²) in [5, 5.41) is 22.4. The first kappa shape index (κ1) is 10.8. The van der Waals surface area contributed by atoms with Crippen LogP contribution in [0.3, 0.4) is 0 Å². The van der Waals surface area contributed by atoms with Crippen LogP contribution in [-0.4, -0.2) is 28.0 Å². The van der Waals surface area contributed by atoms with E-state index in [9.17, 15) is 0 Å². The molecule has 0 aliphatic rings. The predicted molar refractivity (Wildman–Crippen MR) is 64.3 cm³/mol. The van der Waals surface area contributed by atoms with E-state index in [1.807, 2.05) is 31.2 Å². The summed E-state index contributed by atoms with van der Waals surface area (Å²) in [6, 6.07) is 7.96. The van der Waals surface area contributed by atoms with Gasteiger partial charge < -0.3 is 10.4 Å². The number of hydrogen-bond acceptors (Lipinski definition) is 4. The highest BCUT2D eigenvalue weighted by Crippen LogP contribution is 2.20. The molecule has 2 N–H and O–H groups in total. The summed E-state index contributed by atoms with van der Waals surface area (Å²) in [5.74, 6) is 0.735.